The smallest absolute Gasteiger partial charge is 0.311 e. The molecule has 2 rings (SSSR count). The number of hydrogen-bond donors (Lipinski definition) is 1. The van der Waals surface area contributed by atoms with Gasteiger partial charge in [0.15, 0.2) is 0 Å². The molecule has 1 N–H and O–H groups in total. The van der Waals surface area contributed by atoms with Crippen LogP contribution in [0.5, 0.6) is 5.75 Å². The molecule has 0 radical (unpaired) electrons. The van der Waals surface area contributed by atoms with Crippen molar-refractivity contribution in [2.45, 2.75) is 38.5 Å². The number of carboxylic acid groups (broad SMARTS) is 1. The van der Waals surface area contributed by atoms with Crippen LogP contribution in [0.25, 0.3) is 0 Å². The van der Waals surface area contributed by atoms with Crippen LogP contribution in [0.3, 0.4) is 0 Å². The summed E-state index contributed by atoms with van der Waals surface area (Å²) in [5.74, 6) is 0.205. The molecule has 0 saturated heterocycles. The predicted molar refractivity (Wildman–Crippen MR) is 70.2 cm³/mol. The maximum Gasteiger partial charge on any atom is 0.311 e. The third-order valence-corrected chi connectivity index (χ3v) is 3.61. The Morgan fingerprint density at radius 1 is 1.39 bits per heavy atom. The Bertz CT molecular complexity index is 447. The first-order valence-corrected chi connectivity index (χ1v) is 6.45. The molecule has 0 aromatic heterocycles. The quantitative estimate of drug-likeness (QED) is 0.868. The molecule has 3 nitrogen and oxygen atoms in total. The molecular weight excluding hydrogens is 228 g/mol. The summed E-state index contributed by atoms with van der Waals surface area (Å²) >= 11 is 0. The second-order valence-corrected chi connectivity index (χ2v) is 5.31. The van der Waals surface area contributed by atoms with Crippen molar-refractivity contribution in [3.63, 3.8) is 0 Å². The number of benzene rings is 1. The molecular formula is C15H20O3. The average Bonchev–Trinajstić information content (AvgIpc) is 3.13. The van der Waals surface area contributed by atoms with Gasteiger partial charge in [0.25, 0.3) is 0 Å². The summed E-state index contributed by atoms with van der Waals surface area (Å²) < 4.78 is 5.33. The molecule has 3 heteroatoms. The Morgan fingerprint density at radius 3 is 2.50 bits per heavy atom. The molecule has 1 aromatic carbocycles. The Hall–Kier alpha value is -1.51. The van der Waals surface area contributed by atoms with Crippen molar-refractivity contribution in [2.24, 2.45) is 5.92 Å². The number of methoxy groups -OCH3 is 1. The Kier molecular flexibility index (Phi) is 3.60. The molecule has 0 aliphatic heterocycles. The molecule has 0 heterocycles. The third kappa shape index (κ3) is 2.50. The van der Waals surface area contributed by atoms with E-state index in [0.29, 0.717) is 11.7 Å². The molecule has 1 aliphatic carbocycles. The van der Waals surface area contributed by atoms with Gasteiger partial charge in [0, 0.05) is 5.56 Å². The van der Waals surface area contributed by atoms with E-state index in [9.17, 15) is 9.90 Å². The van der Waals surface area contributed by atoms with Crippen LogP contribution < -0.4 is 4.74 Å². The van der Waals surface area contributed by atoms with Gasteiger partial charge in [0.2, 0.25) is 0 Å². The number of aliphatic carboxylic acids is 1. The van der Waals surface area contributed by atoms with Crippen molar-refractivity contribution in [3.05, 3.63) is 29.3 Å². The van der Waals surface area contributed by atoms with E-state index in [-0.39, 0.29) is 5.92 Å². The fourth-order valence-electron chi connectivity index (χ4n) is 2.37. The monoisotopic (exact) mass is 248 g/mol. The van der Waals surface area contributed by atoms with Crippen LogP contribution in [-0.4, -0.2) is 18.2 Å². The third-order valence-electron chi connectivity index (χ3n) is 3.61. The summed E-state index contributed by atoms with van der Waals surface area (Å²) in [7, 11) is 1.60. The Labute approximate surface area is 108 Å². The summed E-state index contributed by atoms with van der Waals surface area (Å²) in [4.78, 5) is 11.5. The Balaban J connectivity index is 2.44. The minimum Gasteiger partial charge on any atom is -0.496 e. The zero-order valence-corrected chi connectivity index (χ0v) is 11.1. The number of rotatable bonds is 5. The number of carboxylic acids is 1. The molecule has 0 spiro atoms. The van der Waals surface area contributed by atoms with Gasteiger partial charge < -0.3 is 9.84 Å². The average molecular weight is 248 g/mol. The van der Waals surface area contributed by atoms with Gasteiger partial charge in [0.1, 0.15) is 5.75 Å². The van der Waals surface area contributed by atoms with E-state index in [1.54, 1.807) is 7.11 Å². The molecule has 1 aromatic rings. The van der Waals surface area contributed by atoms with Crippen molar-refractivity contribution in [2.75, 3.05) is 7.11 Å². The summed E-state index contributed by atoms with van der Waals surface area (Å²) in [6.07, 6.45) is 2.01. The van der Waals surface area contributed by atoms with Crippen LogP contribution in [0.15, 0.2) is 18.2 Å². The summed E-state index contributed by atoms with van der Waals surface area (Å²) in [5.41, 5.74) is 2.00. The van der Waals surface area contributed by atoms with Gasteiger partial charge in [-0.05, 0) is 36.3 Å². The maximum atomic E-state index is 11.5. The van der Waals surface area contributed by atoms with Crippen LogP contribution in [-0.2, 0) is 4.79 Å². The largest absolute Gasteiger partial charge is 0.496 e. The lowest BCUT2D eigenvalue weighted by Gasteiger charge is -2.18. The van der Waals surface area contributed by atoms with Crippen molar-refractivity contribution in [3.8, 4) is 5.75 Å². The fourth-order valence-corrected chi connectivity index (χ4v) is 2.37. The van der Waals surface area contributed by atoms with Crippen molar-refractivity contribution in [1.29, 1.82) is 0 Å². The van der Waals surface area contributed by atoms with Gasteiger partial charge in [0.05, 0.1) is 13.0 Å². The molecule has 1 atom stereocenters. The molecule has 1 fully saturated rings. The van der Waals surface area contributed by atoms with Gasteiger partial charge in [-0.15, -0.1) is 0 Å². The summed E-state index contributed by atoms with van der Waals surface area (Å²) in [5, 5.41) is 9.43. The number of carbonyl (C=O) groups is 1. The van der Waals surface area contributed by atoms with Crippen LogP contribution in [0.1, 0.15) is 49.7 Å². The minimum atomic E-state index is -0.739. The molecule has 1 saturated carbocycles. The first-order chi connectivity index (χ1) is 8.54. The zero-order chi connectivity index (χ0) is 13.3. The van der Waals surface area contributed by atoms with Crippen molar-refractivity contribution < 1.29 is 14.6 Å². The second kappa shape index (κ2) is 5.01. The zero-order valence-electron chi connectivity index (χ0n) is 11.1. The lowest BCUT2D eigenvalue weighted by atomic mass is 9.90. The van der Waals surface area contributed by atoms with E-state index in [4.69, 9.17) is 4.74 Å². The highest BCUT2D eigenvalue weighted by Crippen LogP contribution is 2.45. The lowest BCUT2D eigenvalue weighted by molar-refractivity contribution is -0.139. The van der Waals surface area contributed by atoms with Gasteiger partial charge >= 0.3 is 5.97 Å². The van der Waals surface area contributed by atoms with E-state index in [0.717, 1.165) is 24.0 Å². The van der Waals surface area contributed by atoms with E-state index in [1.807, 2.05) is 18.2 Å². The SMILES string of the molecule is COc1ccc(C(C)C)cc1C(C(=O)O)C1CC1. The second-order valence-electron chi connectivity index (χ2n) is 5.31. The fraction of sp³-hybridized carbons (Fsp3) is 0.533. The van der Waals surface area contributed by atoms with Gasteiger partial charge in [-0.2, -0.15) is 0 Å². The van der Waals surface area contributed by atoms with Crippen LogP contribution in [0.4, 0.5) is 0 Å². The first kappa shape index (κ1) is 12.9. The van der Waals surface area contributed by atoms with Crippen LogP contribution >= 0.6 is 0 Å². The van der Waals surface area contributed by atoms with E-state index in [1.165, 1.54) is 0 Å². The topological polar surface area (TPSA) is 46.5 Å². The van der Waals surface area contributed by atoms with Gasteiger partial charge in [-0.1, -0.05) is 26.0 Å². The normalized spacial score (nSPS) is 16.7. The van der Waals surface area contributed by atoms with E-state index < -0.39 is 11.9 Å². The maximum absolute atomic E-state index is 11.5. The highest BCUT2D eigenvalue weighted by Gasteiger charge is 2.39. The molecule has 1 aliphatic rings. The molecule has 1 unspecified atom stereocenters. The van der Waals surface area contributed by atoms with Crippen LogP contribution in [0.2, 0.25) is 0 Å². The molecule has 18 heavy (non-hydrogen) atoms. The van der Waals surface area contributed by atoms with Gasteiger partial charge in [-0.25, -0.2) is 0 Å². The summed E-state index contributed by atoms with van der Waals surface area (Å²) in [6.45, 7) is 4.22. The Morgan fingerprint density at radius 2 is 2.06 bits per heavy atom. The lowest BCUT2D eigenvalue weighted by Crippen LogP contribution is -2.15. The number of ether oxygens (including phenoxy) is 1. The standard InChI is InChI=1S/C15H20O3/c1-9(2)11-6-7-13(18-3)12(8-11)14(15(16)17)10-4-5-10/h6-10,14H,4-5H2,1-3H3,(H,16,17). The minimum absolute atomic E-state index is 0.277. The molecule has 0 amide bonds. The van der Waals surface area contributed by atoms with Crippen molar-refractivity contribution >= 4 is 5.97 Å². The molecule has 0 bridgehead atoms. The van der Waals surface area contributed by atoms with E-state index >= 15 is 0 Å². The van der Waals surface area contributed by atoms with E-state index in [2.05, 4.69) is 13.8 Å². The first-order valence-electron chi connectivity index (χ1n) is 6.45. The summed E-state index contributed by atoms with van der Waals surface area (Å²) in [6, 6.07) is 5.91. The highest BCUT2D eigenvalue weighted by molar-refractivity contribution is 5.78. The molecule has 98 valence electrons. The van der Waals surface area contributed by atoms with Gasteiger partial charge in [-0.3, -0.25) is 4.79 Å². The highest BCUT2D eigenvalue weighted by atomic mass is 16.5. The van der Waals surface area contributed by atoms with Crippen molar-refractivity contribution in [1.82, 2.24) is 0 Å². The predicted octanol–water partition coefficient (Wildman–Crippen LogP) is 3.40. The van der Waals surface area contributed by atoms with Crippen LogP contribution in [0, 0.1) is 5.92 Å². The number of hydrogen-bond acceptors (Lipinski definition) is 2.